The summed E-state index contributed by atoms with van der Waals surface area (Å²) >= 11 is 1.25. The average Bonchev–Trinajstić information content (AvgIpc) is 3.49. The van der Waals surface area contributed by atoms with Crippen molar-refractivity contribution in [3.8, 4) is 5.75 Å². The van der Waals surface area contributed by atoms with Gasteiger partial charge < -0.3 is 4.74 Å². The average molecular weight is 365 g/mol. The quantitative estimate of drug-likeness (QED) is 0.268. The summed E-state index contributed by atoms with van der Waals surface area (Å²) in [6, 6.07) is 18.0. The van der Waals surface area contributed by atoms with Crippen molar-refractivity contribution in [2.45, 2.75) is 22.6 Å². The van der Waals surface area contributed by atoms with Gasteiger partial charge in [0, 0.05) is 6.07 Å². The minimum atomic E-state index is -0.399. The van der Waals surface area contributed by atoms with Crippen LogP contribution in [0.25, 0.3) is 10.8 Å². The summed E-state index contributed by atoms with van der Waals surface area (Å²) in [6.45, 7) is 0. The van der Waals surface area contributed by atoms with Gasteiger partial charge in [0.05, 0.1) is 20.6 Å². The molecule has 0 aliphatic heterocycles. The summed E-state index contributed by atoms with van der Waals surface area (Å²) in [5.41, 5.74) is 0.0323. The van der Waals surface area contributed by atoms with Crippen LogP contribution < -0.4 is 4.74 Å². The van der Waals surface area contributed by atoms with Crippen LogP contribution in [0.1, 0.15) is 12.8 Å². The fourth-order valence-electron chi connectivity index (χ4n) is 2.72. The fourth-order valence-corrected chi connectivity index (χ4v) is 3.84. The number of carbonyl (C=O) groups is 1. The molecule has 5 nitrogen and oxygen atoms in total. The molecule has 0 unspecified atom stereocenters. The first-order valence-electron chi connectivity index (χ1n) is 8.28. The van der Waals surface area contributed by atoms with Gasteiger partial charge in [-0.25, -0.2) is 0 Å². The Bertz CT molecular complexity index is 1010. The molecule has 130 valence electrons. The van der Waals surface area contributed by atoms with Crippen LogP contribution >= 0.6 is 11.8 Å². The molecule has 1 aliphatic carbocycles. The monoisotopic (exact) mass is 365 g/mol. The number of esters is 1. The molecule has 1 saturated carbocycles. The Kier molecular flexibility index (Phi) is 4.34. The van der Waals surface area contributed by atoms with Crippen molar-refractivity contribution in [1.29, 1.82) is 0 Å². The Morgan fingerprint density at radius 1 is 1.04 bits per heavy atom. The molecule has 0 amide bonds. The topological polar surface area (TPSA) is 69.4 Å². The Hall–Kier alpha value is -2.86. The van der Waals surface area contributed by atoms with Crippen LogP contribution in [0.15, 0.2) is 70.5 Å². The number of carbonyl (C=O) groups excluding carboxylic acids is 1. The van der Waals surface area contributed by atoms with E-state index in [-0.39, 0.29) is 17.6 Å². The second-order valence-electron chi connectivity index (χ2n) is 6.14. The van der Waals surface area contributed by atoms with Gasteiger partial charge in [-0.3, -0.25) is 14.9 Å². The molecule has 0 saturated heterocycles. The van der Waals surface area contributed by atoms with Gasteiger partial charge in [-0.1, -0.05) is 54.2 Å². The van der Waals surface area contributed by atoms with E-state index in [0.717, 1.165) is 23.6 Å². The Labute approximate surface area is 154 Å². The summed E-state index contributed by atoms with van der Waals surface area (Å²) in [5.74, 6) is 0.193. The lowest BCUT2D eigenvalue weighted by atomic mass is 10.1. The summed E-state index contributed by atoms with van der Waals surface area (Å²) in [6.07, 6.45) is 1.72. The van der Waals surface area contributed by atoms with E-state index in [4.69, 9.17) is 4.74 Å². The third-order valence-corrected chi connectivity index (χ3v) is 5.43. The van der Waals surface area contributed by atoms with E-state index in [1.54, 1.807) is 24.3 Å². The molecular formula is C20H15NO4S. The fraction of sp³-hybridized carbons (Fsp3) is 0.150. The van der Waals surface area contributed by atoms with E-state index in [1.165, 1.54) is 17.8 Å². The maximum atomic E-state index is 12.2. The number of nitro groups is 1. The summed E-state index contributed by atoms with van der Waals surface area (Å²) in [7, 11) is 0. The first-order chi connectivity index (χ1) is 12.6. The molecule has 0 bridgehead atoms. The van der Waals surface area contributed by atoms with Crippen LogP contribution in [0.4, 0.5) is 5.69 Å². The highest BCUT2D eigenvalue weighted by molar-refractivity contribution is 7.99. The molecule has 3 aromatic carbocycles. The van der Waals surface area contributed by atoms with Crippen molar-refractivity contribution in [3.63, 3.8) is 0 Å². The van der Waals surface area contributed by atoms with Gasteiger partial charge in [-0.15, -0.1) is 0 Å². The van der Waals surface area contributed by atoms with Gasteiger partial charge in [-0.2, -0.15) is 0 Å². The van der Waals surface area contributed by atoms with Crippen LogP contribution in [0.2, 0.25) is 0 Å². The smallest absolute Gasteiger partial charge is 0.314 e. The molecule has 6 heteroatoms. The van der Waals surface area contributed by atoms with Gasteiger partial charge >= 0.3 is 5.97 Å². The molecule has 0 atom stereocenters. The maximum absolute atomic E-state index is 12.2. The summed E-state index contributed by atoms with van der Waals surface area (Å²) < 4.78 is 5.62. The van der Waals surface area contributed by atoms with Crippen LogP contribution in [0, 0.1) is 16.0 Å². The van der Waals surface area contributed by atoms with Crippen LogP contribution in [0.5, 0.6) is 5.75 Å². The van der Waals surface area contributed by atoms with E-state index >= 15 is 0 Å². The van der Waals surface area contributed by atoms with Crippen molar-refractivity contribution in [3.05, 3.63) is 70.8 Å². The van der Waals surface area contributed by atoms with E-state index in [1.807, 2.05) is 30.3 Å². The Morgan fingerprint density at radius 3 is 2.54 bits per heavy atom. The van der Waals surface area contributed by atoms with Crippen molar-refractivity contribution in [1.82, 2.24) is 0 Å². The molecule has 1 fully saturated rings. The lowest BCUT2D eigenvalue weighted by Crippen LogP contribution is -2.10. The Morgan fingerprint density at radius 2 is 1.77 bits per heavy atom. The van der Waals surface area contributed by atoms with Gasteiger partial charge in [0.25, 0.3) is 5.69 Å². The van der Waals surface area contributed by atoms with Crippen LogP contribution in [-0.2, 0) is 4.79 Å². The third kappa shape index (κ3) is 3.28. The van der Waals surface area contributed by atoms with E-state index in [9.17, 15) is 14.9 Å². The molecule has 0 N–H and O–H groups in total. The first kappa shape index (κ1) is 16.6. The van der Waals surface area contributed by atoms with Crippen LogP contribution in [-0.4, -0.2) is 10.9 Å². The highest BCUT2D eigenvalue weighted by Gasteiger charge is 2.32. The van der Waals surface area contributed by atoms with Crippen molar-refractivity contribution in [2.75, 3.05) is 0 Å². The van der Waals surface area contributed by atoms with E-state index < -0.39 is 4.92 Å². The maximum Gasteiger partial charge on any atom is 0.314 e. The zero-order valence-electron chi connectivity index (χ0n) is 13.8. The lowest BCUT2D eigenvalue weighted by Gasteiger charge is -2.13. The number of ether oxygens (including phenoxy) is 1. The normalized spacial score (nSPS) is 13.5. The number of fused-ring (bicyclic) bond motifs is 1. The van der Waals surface area contributed by atoms with Crippen LogP contribution in [0.3, 0.4) is 0 Å². The molecule has 0 aromatic heterocycles. The molecule has 4 rings (SSSR count). The summed E-state index contributed by atoms with van der Waals surface area (Å²) in [4.78, 5) is 24.3. The van der Waals surface area contributed by atoms with Gasteiger partial charge in [0.2, 0.25) is 0 Å². The van der Waals surface area contributed by atoms with Gasteiger partial charge in [0.1, 0.15) is 5.75 Å². The highest BCUT2D eigenvalue weighted by atomic mass is 32.2. The number of para-hydroxylation sites is 1. The number of rotatable bonds is 5. The molecule has 0 heterocycles. The highest BCUT2D eigenvalue weighted by Crippen LogP contribution is 2.44. The third-order valence-electron chi connectivity index (χ3n) is 4.24. The predicted molar refractivity (Wildman–Crippen MR) is 99.5 cm³/mol. The number of benzene rings is 3. The zero-order chi connectivity index (χ0) is 18.1. The Balaban J connectivity index is 1.81. The van der Waals surface area contributed by atoms with Crippen molar-refractivity contribution in [2.24, 2.45) is 5.92 Å². The largest absolute Gasteiger partial charge is 0.425 e. The number of hydrogen-bond donors (Lipinski definition) is 0. The molecule has 1 aliphatic rings. The first-order valence-corrected chi connectivity index (χ1v) is 9.10. The van der Waals surface area contributed by atoms with Gasteiger partial charge in [0.15, 0.2) is 0 Å². The zero-order valence-corrected chi connectivity index (χ0v) is 14.6. The minimum absolute atomic E-state index is 0.0228. The van der Waals surface area contributed by atoms with Crippen molar-refractivity contribution < 1.29 is 14.5 Å². The van der Waals surface area contributed by atoms with Crippen molar-refractivity contribution >= 4 is 34.2 Å². The molecule has 26 heavy (non-hydrogen) atoms. The number of nitrogens with zero attached hydrogens (tertiary/aromatic N) is 1. The molecule has 3 aromatic rings. The van der Waals surface area contributed by atoms with E-state index in [2.05, 4.69) is 0 Å². The molecular weight excluding hydrogens is 350 g/mol. The molecule has 0 radical (unpaired) electrons. The second-order valence-corrected chi connectivity index (χ2v) is 7.19. The lowest BCUT2D eigenvalue weighted by molar-refractivity contribution is -0.387. The minimum Gasteiger partial charge on any atom is -0.425 e. The van der Waals surface area contributed by atoms with Gasteiger partial charge in [-0.05, 0) is 35.7 Å². The molecule has 0 spiro atoms. The van der Waals surface area contributed by atoms with E-state index in [0.29, 0.717) is 15.5 Å². The second kappa shape index (κ2) is 6.80. The summed E-state index contributed by atoms with van der Waals surface area (Å²) in [5, 5.41) is 13.2. The number of hydrogen-bond acceptors (Lipinski definition) is 5. The SMILES string of the molecule is O=C(Oc1ccc2ccccc2c1Sc1ccccc1[N+](=O)[O-])C1CC1. The number of nitro benzene ring substituents is 1. The predicted octanol–water partition coefficient (Wildman–Crippen LogP) is 5.21. The standard InChI is InChI=1S/C20H15NO4S/c22-20(14-9-10-14)25-17-12-11-13-5-1-2-6-15(13)19(17)26-18-8-4-3-7-16(18)21(23)24/h1-8,11-12,14H,9-10H2.